The Morgan fingerprint density at radius 3 is 2.37 bits per heavy atom. The van der Waals surface area contributed by atoms with E-state index >= 15 is 0 Å². The highest BCUT2D eigenvalue weighted by Crippen LogP contribution is 2.35. The Labute approximate surface area is 163 Å². The molecule has 0 saturated heterocycles. The highest BCUT2D eigenvalue weighted by Gasteiger charge is 2.27. The fourth-order valence-electron chi connectivity index (χ4n) is 3.82. The summed E-state index contributed by atoms with van der Waals surface area (Å²) in [6.45, 7) is 4.16. The normalized spacial score (nSPS) is 20.5. The van der Waals surface area contributed by atoms with Crippen molar-refractivity contribution in [2.24, 2.45) is 0 Å². The molecule has 27 heavy (non-hydrogen) atoms. The van der Waals surface area contributed by atoms with Gasteiger partial charge in [-0.1, -0.05) is 55.3 Å². The van der Waals surface area contributed by atoms with Gasteiger partial charge < -0.3 is 0 Å². The lowest BCUT2D eigenvalue weighted by Crippen LogP contribution is -2.24. The van der Waals surface area contributed by atoms with Gasteiger partial charge in [0.2, 0.25) is 0 Å². The highest BCUT2D eigenvalue weighted by molar-refractivity contribution is 7.86. The van der Waals surface area contributed by atoms with Gasteiger partial charge in [-0.2, -0.15) is 8.42 Å². The van der Waals surface area contributed by atoms with Crippen molar-refractivity contribution in [1.82, 2.24) is 0 Å². The maximum atomic E-state index is 12.5. The standard InChI is InChI=1S/C23H30O3S/c1-3-4-6-19-7-5-8-21(17-19)20-11-13-22(14-12-20)26-27(24,25)23-15-9-18(2)10-16-23/h5,7-10,15-17,20,22H,3-4,6,11-14H2,1-2H3. The van der Waals surface area contributed by atoms with Crippen LogP contribution >= 0.6 is 0 Å². The number of benzene rings is 2. The zero-order chi connectivity index (χ0) is 19.3. The third-order valence-electron chi connectivity index (χ3n) is 5.49. The van der Waals surface area contributed by atoms with Gasteiger partial charge in [-0.15, -0.1) is 0 Å². The van der Waals surface area contributed by atoms with E-state index < -0.39 is 10.1 Å². The summed E-state index contributed by atoms with van der Waals surface area (Å²) in [4.78, 5) is 0.249. The average molecular weight is 387 g/mol. The van der Waals surface area contributed by atoms with E-state index in [1.807, 2.05) is 6.92 Å². The zero-order valence-electron chi connectivity index (χ0n) is 16.4. The van der Waals surface area contributed by atoms with E-state index in [9.17, 15) is 8.42 Å². The Hall–Kier alpha value is -1.65. The molecular weight excluding hydrogens is 356 g/mol. The number of rotatable bonds is 7. The van der Waals surface area contributed by atoms with E-state index in [1.165, 1.54) is 24.0 Å². The van der Waals surface area contributed by atoms with Gasteiger partial charge >= 0.3 is 0 Å². The molecule has 0 radical (unpaired) electrons. The lowest BCUT2D eigenvalue weighted by molar-refractivity contribution is 0.153. The first-order chi connectivity index (χ1) is 13.0. The molecule has 0 aromatic heterocycles. The number of unbranched alkanes of at least 4 members (excludes halogenated alkanes) is 1. The molecule has 0 amide bonds. The van der Waals surface area contributed by atoms with Crippen molar-refractivity contribution in [3.8, 4) is 0 Å². The minimum Gasteiger partial charge on any atom is -0.263 e. The number of hydrogen-bond acceptors (Lipinski definition) is 3. The van der Waals surface area contributed by atoms with Crippen LogP contribution in [0, 0.1) is 6.92 Å². The van der Waals surface area contributed by atoms with E-state index in [4.69, 9.17) is 4.18 Å². The molecule has 0 spiro atoms. The van der Waals surface area contributed by atoms with Crippen LogP contribution in [0.1, 0.15) is 68.1 Å². The van der Waals surface area contributed by atoms with Gasteiger partial charge in [-0.3, -0.25) is 4.18 Å². The number of aryl methyl sites for hydroxylation is 2. The summed E-state index contributed by atoms with van der Waals surface area (Å²) >= 11 is 0. The molecule has 1 aliphatic rings. The van der Waals surface area contributed by atoms with E-state index in [1.54, 1.807) is 24.3 Å². The summed E-state index contributed by atoms with van der Waals surface area (Å²) in [5.74, 6) is 0.508. The maximum Gasteiger partial charge on any atom is 0.297 e. The predicted molar refractivity (Wildman–Crippen MR) is 110 cm³/mol. The molecule has 0 N–H and O–H groups in total. The summed E-state index contributed by atoms with van der Waals surface area (Å²) in [6.07, 6.45) is 6.89. The topological polar surface area (TPSA) is 43.4 Å². The molecule has 146 valence electrons. The quantitative estimate of drug-likeness (QED) is 0.567. The fourth-order valence-corrected chi connectivity index (χ4v) is 4.95. The molecule has 2 aromatic rings. The first kappa shape index (κ1) is 20.1. The van der Waals surface area contributed by atoms with Crippen molar-refractivity contribution in [2.45, 2.75) is 75.7 Å². The summed E-state index contributed by atoms with van der Waals surface area (Å²) in [5.41, 5.74) is 3.84. The second kappa shape index (κ2) is 9.03. The molecule has 0 bridgehead atoms. The first-order valence-electron chi connectivity index (χ1n) is 10.1. The van der Waals surface area contributed by atoms with E-state index in [0.717, 1.165) is 37.7 Å². The average Bonchev–Trinajstić information content (AvgIpc) is 2.67. The lowest BCUT2D eigenvalue weighted by Gasteiger charge is -2.28. The second-order valence-corrected chi connectivity index (χ2v) is 9.26. The van der Waals surface area contributed by atoms with Crippen molar-refractivity contribution in [1.29, 1.82) is 0 Å². The van der Waals surface area contributed by atoms with E-state index in [2.05, 4.69) is 31.2 Å². The third kappa shape index (κ3) is 5.43. The molecule has 3 nitrogen and oxygen atoms in total. The van der Waals surface area contributed by atoms with Crippen molar-refractivity contribution in [3.63, 3.8) is 0 Å². The first-order valence-corrected chi connectivity index (χ1v) is 11.5. The minimum absolute atomic E-state index is 0.212. The Morgan fingerprint density at radius 2 is 1.70 bits per heavy atom. The van der Waals surface area contributed by atoms with Crippen molar-refractivity contribution in [2.75, 3.05) is 0 Å². The molecule has 0 atom stereocenters. The Kier molecular flexibility index (Phi) is 6.72. The summed E-state index contributed by atoms with van der Waals surface area (Å²) in [7, 11) is -3.68. The fraction of sp³-hybridized carbons (Fsp3) is 0.478. The van der Waals surface area contributed by atoms with Crippen LogP contribution in [0.3, 0.4) is 0 Å². The van der Waals surface area contributed by atoms with Gasteiger partial charge in [0.25, 0.3) is 10.1 Å². The summed E-state index contributed by atoms with van der Waals surface area (Å²) in [5, 5.41) is 0. The molecule has 0 unspecified atom stereocenters. The van der Waals surface area contributed by atoms with Crippen molar-refractivity contribution in [3.05, 3.63) is 65.2 Å². The second-order valence-electron chi connectivity index (χ2n) is 7.69. The molecule has 1 aliphatic carbocycles. The van der Waals surface area contributed by atoms with Crippen LogP contribution in [0.25, 0.3) is 0 Å². The van der Waals surface area contributed by atoms with Crippen LogP contribution in [0.5, 0.6) is 0 Å². The van der Waals surface area contributed by atoms with Gasteiger partial charge in [0, 0.05) is 0 Å². The van der Waals surface area contributed by atoms with Crippen LogP contribution in [-0.4, -0.2) is 14.5 Å². The van der Waals surface area contributed by atoms with Gasteiger partial charge in [-0.25, -0.2) is 0 Å². The molecule has 0 heterocycles. The van der Waals surface area contributed by atoms with Gasteiger partial charge in [-0.05, 0) is 74.6 Å². The third-order valence-corrected chi connectivity index (χ3v) is 6.86. The minimum atomic E-state index is -3.68. The van der Waals surface area contributed by atoms with E-state index in [0.29, 0.717) is 5.92 Å². The van der Waals surface area contributed by atoms with Gasteiger partial charge in [0.15, 0.2) is 0 Å². The predicted octanol–water partition coefficient (Wildman–Crippen LogP) is 5.77. The smallest absolute Gasteiger partial charge is 0.263 e. The lowest BCUT2D eigenvalue weighted by atomic mass is 9.82. The molecule has 1 saturated carbocycles. The SMILES string of the molecule is CCCCc1cccc(C2CCC(OS(=O)(=O)c3ccc(C)cc3)CC2)c1. The van der Waals surface area contributed by atoms with Crippen LogP contribution in [0.15, 0.2) is 53.4 Å². The number of hydrogen-bond donors (Lipinski definition) is 0. The Balaban J connectivity index is 1.58. The molecule has 0 aliphatic heterocycles. The van der Waals surface area contributed by atoms with Crippen LogP contribution in [0.4, 0.5) is 0 Å². The van der Waals surface area contributed by atoms with Crippen LogP contribution < -0.4 is 0 Å². The Bertz CT molecular complexity index is 832. The maximum absolute atomic E-state index is 12.5. The summed E-state index contributed by atoms with van der Waals surface area (Å²) < 4.78 is 30.5. The van der Waals surface area contributed by atoms with Gasteiger partial charge in [0.1, 0.15) is 0 Å². The van der Waals surface area contributed by atoms with Crippen LogP contribution in [0.2, 0.25) is 0 Å². The molecule has 3 rings (SSSR count). The Morgan fingerprint density at radius 1 is 1.00 bits per heavy atom. The van der Waals surface area contributed by atoms with E-state index in [-0.39, 0.29) is 11.0 Å². The molecule has 1 fully saturated rings. The zero-order valence-corrected chi connectivity index (χ0v) is 17.2. The molecule has 2 aromatic carbocycles. The largest absolute Gasteiger partial charge is 0.297 e. The highest BCUT2D eigenvalue weighted by atomic mass is 32.2. The molecule has 4 heteroatoms. The monoisotopic (exact) mass is 386 g/mol. The van der Waals surface area contributed by atoms with Crippen molar-refractivity contribution >= 4 is 10.1 Å². The van der Waals surface area contributed by atoms with Gasteiger partial charge in [0.05, 0.1) is 11.0 Å². The van der Waals surface area contributed by atoms with Crippen molar-refractivity contribution < 1.29 is 12.6 Å². The molecular formula is C23H30O3S. The summed E-state index contributed by atoms with van der Waals surface area (Å²) in [6, 6.07) is 15.8. The van der Waals surface area contributed by atoms with Crippen LogP contribution in [-0.2, 0) is 20.7 Å².